The normalized spacial score (nSPS) is 12.3. The predicted octanol–water partition coefficient (Wildman–Crippen LogP) is 21.8. The molecule has 1 atom stereocenters. The Morgan fingerprint density at radius 2 is 0.534 bits per heavy atom. The molecule has 0 fully saturated rings. The molecular formula is C67H122O6. The first kappa shape index (κ1) is 70.4. The van der Waals surface area contributed by atoms with Crippen molar-refractivity contribution in [2.75, 3.05) is 13.2 Å². The minimum absolute atomic E-state index is 0.0703. The molecule has 0 saturated heterocycles. The SMILES string of the molecule is CC/C=C\C/C=C\C/C=C\C/C=C\CCCCCCCCCCC(=O)OCC(COC(=O)CCCCCCCCCCCCCCCC)OC(=O)CCCCCCCCCCCCCCCCCCCCCC. The molecule has 6 heteroatoms. The summed E-state index contributed by atoms with van der Waals surface area (Å²) in [7, 11) is 0. The van der Waals surface area contributed by atoms with Crippen molar-refractivity contribution in [3.05, 3.63) is 48.6 Å². The van der Waals surface area contributed by atoms with Gasteiger partial charge in [0.1, 0.15) is 13.2 Å². The van der Waals surface area contributed by atoms with Crippen molar-refractivity contribution in [1.29, 1.82) is 0 Å². The van der Waals surface area contributed by atoms with E-state index in [1.165, 1.54) is 212 Å². The summed E-state index contributed by atoms with van der Waals surface area (Å²) in [4.78, 5) is 38.3. The Morgan fingerprint density at radius 3 is 0.836 bits per heavy atom. The Labute approximate surface area is 454 Å². The lowest BCUT2D eigenvalue weighted by Crippen LogP contribution is -2.30. The fourth-order valence-electron chi connectivity index (χ4n) is 9.56. The van der Waals surface area contributed by atoms with Crippen LogP contribution in [0.25, 0.3) is 0 Å². The maximum absolute atomic E-state index is 12.9. The third kappa shape index (κ3) is 60.1. The van der Waals surface area contributed by atoms with Crippen molar-refractivity contribution >= 4 is 17.9 Å². The minimum atomic E-state index is -0.773. The monoisotopic (exact) mass is 1020 g/mol. The van der Waals surface area contributed by atoms with Crippen LogP contribution in [0.1, 0.15) is 342 Å². The van der Waals surface area contributed by atoms with Gasteiger partial charge in [-0.1, -0.05) is 313 Å². The molecule has 0 aliphatic carbocycles. The van der Waals surface area contributed by atoms with Crippen molar-refractivity contribution in [3.63, 3.8) is 0 Å². The lowest BCUT2D eigenvalue weighted by Gasteiger charge is -2.18. The van der Waals surface area contributed by atoms with E-state index < -0.39 is 6.10 Å². The van der Waals surface area contributed by atoms with Gasteiger partial charge in [0.25, 0.3) is 0 Å². The average Bonchev–Trinajstić information content (AvgIpc) is 3.39. The standard InChI is InChI=1S/C67H122O6/c1-4-7-10-13-16-19-22-25-28-30-32-34-36-37-39-42-45-48-51-54-57-60-66(69)72-63-64(62-71-65(68)59-56-53-50-47-44-41-27-24-21-18-15-12-9-6-3)73-67(70)61-58-55-52-49-46-43-40-38-35-33-31-29-26-23-20-17-14-11-8-5-2/h7,10,16,19,25,28,32,34,64H,4-6,8-9,11-15,17-18,20-24,26-27,29-31,33,35-63H2,1-3H3/b10-7-,19-16-,28-25-,34-32-. The second kappa shape index (κ2) is 61.9. The van der Waals surface area contributed by atoms with Gasteiger partial charge < -0.3 is 14.2 Å². The molecule has 0 amide bonds. The molecule has 0 radical (unpaired) electrons. The van der Waals surface area contributed by atoms with E-state index in [0.717, 1.165) is 89.9 Å². The van der Waals surface area contributed by atoms with Crippen molar-refractivity contribution < 1.29 is 28.6 Å². The van der Waals surface area contributed by atoms with E-state index in [1.54, 1.807) is 0 Å². The fourth-order valence-corrected chi connectivity index (χ4v) is 9.56. The zero-order chi connectivity index (χ0) is 52.9. The highest BCUT2D eigenvalue weighted by atomic mass is 16.6. The van der Waals surface area contributed by atoms with Gasteiger partial charge in [-0.05, 0) is 57.8 Å². The van der Waals surface area contributed by atoms with Crippen molar-refractivity contribution in [3.8, 4) is 0 Å². The quantitative estimate of drug-likeness (QED) is 0.0261. The van der Waals surface area contributed by atoms with Crippen LogP contribution in [-0.2, 0) is 28.6 Å². The molecule has 426 valence electrons. The van der Waals surface area contributed by atoms with E-state index in [2.05, 4.69) is 69.4 Å². The lowest BCUT2D eigenvalue weighted by molar-refractivity contribution is -0.167. The Balaban J connectivity index is 4.32. The van der Waals surface area contributed by atoms with Crippen LogP contribution in [-0.4, -0.2) is 37.2 Å². The van der Waals surface area contributed by atoms with Crippen LogP contribution in [0.3, 0.4) is 0 Å². The highest BCUT2D eigenvalue weighted by Gasteiger charge is 2.19. The Morgan fingerprint density at radius 1 is 0.288 bits per heavy atom. The van der Waals surface area contributed by atoms with Gasteiger partial charge in [-0.2, -0.15) is 0 Å². The molecule has 0 aliphatic rings. The molecule has 0 aromatic heterocycles. The van der Waals surface area contributed by atoms with Gasteiger partial charge in [-0.3, -0.25) is 14.4 Å². The van der Waals surface area contributed by atoms with Gasteiger partial charge in [-0.15, -0.1) is 0 Å². The Hall–Kier alpha value is -2.63. The smallest absolute Gasteiger partial charge is 0.306 e. The van der Waals surface area contributed by atoms with E-state index in [-0.39, 0.29) is 31.1 Å². The number of hydrogen-bond donors (Lipinski definition) is 0. The van der Waals surface area contributed by atoms with Gasteiger partial charge in [-0.25, -0.2) is 0 Å². The first-order chi connectivity index (χ1) is 36.0. The van der Waals surface area contributed by atoms with E-state index in [0.29, 0.717) is 19.3 Å². The van der Waals surface area contributed by atoms with Crippen molar-refractivity contribution in [2.24, 2.45) is 0 Å². The molecule has 0 heterocycles. The zero-order valence-corrected chi connectivity index (χ0v) is 48.9. The molecule has 0 N–H and O–H groups in total. The Kier molecular flexibility index (Phi) is 59.7. The first-order valence-electron chi connectivity index (χ1n) is 32.1. The number of hydrogen-bond acceptors (Lipinski definition) is 6. The molecule has 0 spiro atoms. The maximum Gasteiger partial charge on any atom is 0.306 e. The number of carbonyl (C=O) groups excluding carboxylic acids is 3. The zero-order valence-electron chi connectivity index (χ0n) is 48.9. The minimum Gasteiger partial charge on any atom is -0.462 e. The maximum atomic E-state index is 12.9. The second-order valence-corrected chi connectivity index (χ2v) is 21.7. The van der Waals surface area contributed by atoms with E-state index in [4.69, 9.17) is 14.2 Å². The van der Waals surface area contributed by atoms with Crippen LogP contribution < -0.4 is 0 Å². The molecule has 6 nitrogen and oxygen atoms in total. The molecule has 73 heavy (non-hydrogen) atoms. The van der Waals surface area contributed by atoms with Crippen LogP contribution in [0.5, 0.6) is 0 Å². The molecular weight excluding hydrogens is 901 g/mol. The topological polar surface area (TPSA) is 78.9 Å². The molecule has 0 saturated carbocycles. The third-order valence-electron chi connectivity index (χ3n) is 14.3. The van der Waals surface area contributed by atoms with Gasteiger partial charge in [0.2, 0.25) is 0 Å². The molecule has 0 aliphatic heterocycles. The summed E-state index contributed by atoms with van der Waals surface area (Å²) in [6.45, 7) is 6.58. The van der Waals surface area contributed by atoms with Crippen LogP contribution in [0.2, 0.25) is 0 Å². The van der Waals surface area contributed by atoms with Crippen LogP contribution in [0, 0.1) is 0 Å². The summed E-state index contributed by atoms with van der Waals surface area (Å²) in [6.07, 6.45) is 76.8. The number of esters is 3. The van der Waals surface area contributed by atoms with Gasteiger partial charge in [0.05, 0.1) is 0 Å². The summed E-state index contributed by atoms with van der Waals surface area (Å²) in [5.74, 6) is -0.854. The van der Waals surface area contributed by atoms with Gasteiger partial charge in [0, 0.05) is 19.3 Å². The molecule has 0 aromatic rings. The highest BCUT2D eigenvalue weighted by molar-refractivity contribution is 5.71. The largest absolute Gasteiger partial charge is 0.462 e. The number of unbranched alkanes of at least 4 members (excludes halogenated alkanes) is 40. The number of rotatable bonds is 59. The van der Waals surface area contributed by atoms with Crippen molar-refractivity contribution in [2.45, 2.75) is 348 Å². The molecule has 1 unspecified atom stereocenters. The van der Waals surface area contributed by atoms with E-state index in [9.17, 15) is 14.4 Å². The lowest BCUT2D eigenvalue weighted by atomic mass is 10.0. The predicted molar refractivity (Wildman–Crippen MR) is 316 cm³/mol. The van der Waals surface area contributed by atoms with Gasteiger partial charge >= 0.3 is 17.9 Å². The second-order valence-electron chi connectivity index (χ2n) is 21.7. The first-order valence-corrected chi connectivity index (χ1v) is 32.1. The van der Waals surface area contributed by atoms with E-state index >= 15 is 0 Å². The molecule has 0 bridgehead atoms. The fraction of sp³-hybridized carbons (Fsp3) is 0.836. The van der Waals surface area contributed by atoms with Crippen LogP contribution in [0.4, 0.5) is 0 Å². The summed E-state index contributed by atoms with van der Waals surface area (Å²) >= 11 is 0. The molecule has 0 aromatic carbocycles. The summed E-state index contributed by atoms with van der Waals surface area (Å²) in [5, 5.41) is 0. The summed E-state index contributed by atoms with van der Waals surface area (Å²) in [6, 6.07) is 0. The number of carbonyl (C=O) groups is 3. The van der Waals surface area contributed by atoms with E-state index in [1.807, 2.05) is 0 Å². The van der Waals surface area contributed by atoms with Crippen LogP contribution >= 0.6 is 0 Å². The summed E-state index contributed by atoms with van der Waals surface area (Å²) in [5.41, 5.74) is 0. The highest BCUT2D eigenvalue weighted by Crippen LogP contribution is 2.18. The number of ether oxygens (including phenoxy) is 3. The third-order valence-corrected chi connectivity index (χ3v) is 14.3. The molecule has 0 rings (SSSR count). The average molecular weight is 1020 g/mol. The summed E-state index contributed by atoms with van der Waals surface area (Å²) < 4.78 is 16.9. The van der Waals surface area contributed by atoms with Crippen LogP contribution in [0.15, 0.2) is 48.6 Å². The number of allylic oxidation sites excluding steroid dienone is 8. The van der Waals surface area contributed by atoms with Crippen molar-refractivity contribution in [1.82, 2.24) is 0 Å². The van der Waals surface area contributed by atoms with Gasteiger partial charge in [0.15, 0.2) is 6.10 Å². The Bertz CT molecular complexity index is 1270.